The zero-order valence-electron chi connectivity index (χ0n) is 70.0. The number of ether oxygens (including phenoxy) is 8. The number of rotatable bonds is 65. The number of para-hydroxylation sites is 2. The van der Waals surface area contributed by atoms with E-state index in [4.69, 9.17) is 121 Å². The van der Waals surface area contributed by atoms with Crippen molar-refractivity contribution in [1.29, 1.82) is 0 Å². The molecule has 28 heteroatoms. The van der Waals surface area contributed by atoms with E-state index in [9.17, 15) is 24.3 Å². The summed E-state index contributed by atoms with van der Waals surface area (Å²) in [4.78, 5) is 87.8. The molecular weight excluding hydrogens is 1630 g/mol. The number of aliphatic hydroxyl groups is 1. The van der Waals surface area contributed by atoms with E-state index in [0.717, 1.165) is 148 Å². The molecule has 0 unspecified atom stereocenters. The fraction of sp³-hybridized carbons (Fsp3) is 0.727. The summed E-state index contributed by atoms with van der Waals surface area (Å²) in [5.74, 6) is -6.11. The molecule has 3 N–H and O–H groups in total. The van der Waals surface area contributed by atoms with Crippen molar-refractivity contribution in [2.24, 2.45) is 0 Å². The van der Waals surface area contributed by atoms with E-state index in [1.807, 2.05) is 0 Å². The number of alkyl halides is 6. The van der Waals surface area contributed by atoms with Gasteiger partial charge in [0.2, 0.25) is 13.5 Å². The summed E-state index contributed by atoms with van der Waals surface area (Å²) >= 11 is 37.7. The van der Waals surface area contributed by atoms with Gasteiger partial charge in [0.15, 0.2) is 23.5 Å². The monoisotopic (exact) mass is 1770 g/mol. The molecule has 0 bridgehead atoms. The maximum Gasteiger partial charge on any atom is 0.588 e. The predicted molar refractivity (Wildman–Crippen MR) is 460 cm³/mol. The number of alkyl carbamates (subject to hydrolysis) is 1. The number of phosphoric acid groups is 1. The van der Waals surface area contributed by atoms with E-state index < -0.39 is 132 Å². The van der Waals surface area contributed by atoms with Gasteiger partial charge in [-0.05, 0) is 95.0 Å². The Labute approximate surface area is 723 Å². The van der Waals surface area contributed by atoms with Crippen molar-refractivity contribution < 1.29 is 89.9 Å². The van der Waals surface area contributed by atoms with Crippen LogP contribution in [0.5, 0.6) is 11.5 Å². The van der Waals surface area contributed by atoms with E-state index in [1.165, 1.54) is 95.9 Å². The molecule has 0 aliphatic carbocycles. The van der Waals surface area contributed by atoms with Gasteiger partial charge < -0.3 is 62.7 Å². The summed E-state index contributed by atoms with van der Waals surface area (Å²) in [7, 11) is -5.46. The van der Waals surface area contributed by atoms with Crippen molar-refractivity contribution in [3.8, 4) is 11.5 Å². The number of hydrogen-bond acceptors (Lipinski definition) is 19. The zero-order valence-corrected chi connectivity index (χ0v) is 75.4. The summed E-state index contributed by atoms with van der Waals surface area (Å²) in [5.41, 5.74) is -4.39. The predicted octanol–water partition coefficient (Wildman–Crippen LogP) is 25.1. The standard InChI is InChI=1S/C88H137Cl6N2O19P/c1-7-11-15-19-23-27-31-35-44-59-73(108-77(98)61-50-37-33-29-25-21-17-13-9-3)65-76(97)95-64-52-63-85(96-82(102)106-69-86(89,90)91)81(101)110-75(68-105-83(103)112-84(5,6)88(92,93)94)80(115-116(104,113-71-55-46-40-47-56-71)114-72-57-48-41-49-58-72)87(85,107-67-70-53-42-39-43-54-70)111-79(100)66-74(60-45-36-32-28-24-20-16-12-8-2)109-78(99)62-51-38-34-30-26-22-18-14-10-4/h39-43,46-49,53-58,73-75,80-81,101H,7-38,44-45,50-52,59-69H2,1-6H3,(H,95,97)(H,96,102)/t73-,74-,75-,80-,81-,85+,87+/m1/s1. The van der Waals surface area contributed by atoms with Crippen molar-refractivity contribution >= 4 is 113 Å². The third kappa shape index (κ3) is 43.3. The van der Waals surface area contributed by atoms with Gasteiger partial charge in [-0.3, -0.25) is 23.7 Å². The molecule has 3 aromatic carbocycles. The van der Waals surface area contributed by atoms with Gasteiger partial charge in [-0.25, -0.2) is 14.2 Å². The van der Waals surface area contributed by atoms with Gasteiger partial charge in [-0.15, -0.1) is 0 Å². The van der Waals surface area contributed by atoms with Gasteiger partial charge in [0.25, 0.3) is 5.79 Å². The Morgan fingerprint density at radius 2 is 0.922 bits per heavy atom. The molecule has 0 aromatic heterocycles. The second kappa shape index (κ2) is 59.3. The van der Waals surface area contributed by atoms with Gasteiger partial charge in [-0.1, -0.05) is 369 Å². The number of unbranched alkanes of at least 4 members (excludes halogenated alkanes) is 32. The second-order valence-electron chi connectivity index (χ2n) is 31.2. The fourth-order valence-electron chi connectivity index (χ4n) is 13.9. The molecule has 7 atom stereocenters. The van der Waals surface area contributed by atoms with E-state index in [-0.39, 0.29) is 50.1 Å². The molecule has 4 rings (SSSR count). The molecule has 2 amide bonds. The highest BCUT2D eigenvalue weighted by atomic mass is 35.6. The lowest BCUT2D eigenvalue weighted by atomic mass is 9.75. The average Bonchev–Trinajstić information content (AvgIpc) is 0.705. The highest BCUT2D eigenvalue weighted by Crippen LogP contribution is 2.57. The third-order valence-corrected chi connectivity index (χ3v) is 23.6. The molecule has 660 valence electrons. The van der Waals surface area contributed by atoms with E-state index in [2.05, 4.69) is 38.3 Å². The highest BCUT2D eigenvalue weighted by Gasteiger charge is 2.73. The van der Waals surface area contributed by atoms with Crippen molar-refractivity contribution in [1.82, 2.24) is 10.6 Å². The molecule has 0 saturated carbocycles. The van der Waals surface area contributed by atoms with E-state index in [0.29, 0.717) is 37.7 Å². The Balaban J connectivity index is 2.00. The number of benzene rings is 3. The van der Waals surface area contributed by atoms with Crippen LogP contribution < -0.4 is 19.7 Å². The molecule has 1 saturated heterocycles. The first-order chi connectivity index (χ1) is 55.6. The molecule has 1 fully saturated rings. The second-order valence-corrected chi connectivity index (χ2v) is 37.4. The molecular formula is C88H137Cl6N2O19P. The summed E-state index contributed by atoms with van der Waals surface area (Å²) in [6.07, 6.45) is 23.6. The summed E-state index contributed by atoms with van der Waals surface area (Å²) in [6.45, 7) is 8.41. The average molecular weight is 1770 g/mol. The quantitative estimate of drug-likeness (QED) is 0.0118. The van der Waals surface area contributed by atoms with E-state index in [1.54, 1.807) is 66.7 Å². The number of nitrogens with one attached hydrogen (secondary N) is 2. The first kappa shape index (κ1) is 104. The Hall–Kier alpha value is -4.51. The maximum atomic E-state index is 16.5. The number of amides is 2. The van der Waals surface area contributed by atoms with Gasteiger partial charge in [0.1, 0.15) is 43.0 Å². The lowest BCUT2D eigenvalue weighted by Crippen LogP contribution is -2.82. The lowest BCUT2D eigenvalue weighted by Gasteiger charge is -2.58. The van der Waals surface area contributed by atoms with Gasteiger partial charge in [0, 0.05) is 19.4 Å². The van der Waals surface area contributed by atoms with Gasteiger partial charge in [-0.2, -0.15) is 0 Å². The normalized spacial score (nSPS) is 17.6. The zero-order chi connectivity index (χ0) is 84.8. The number of hydrogen-bond donors (Lipinski definition) is 3. The SMILES string of the molecule is CCCCCCCCCCCC(=O)O[C@H](CCCCCCCCCCC)CC(=O)NCCC[C@]1(NC(=O)OCC(Cl)(Cl)Cl)[C@H](O)O[C@H](COC(=O)OC(C)(C)C(Cl)(Cl)Cl)[C@@H](OP(=O)(Oc2ccccc2)Oc2ccccc2)[C@]1(OCc1ccccc1)OC(=O)C[C@@H](CCCCCCCCCCC)OC(=O)CCCCCCCCCCC. The van der Waals surface area contributed by atoms with Crippen molar-refractivity contribution in [2.75, 3.05) is 19.8 Å². The Kier molecular flexibility index (Phi) is 53.1. The fourth-order valence-corrected chi connectivity index (χ4v) is 15.6. The molecule has 3 aromatic rings. The van der Waals surface area contributed by atoms with Crippen LogP contribution >= 0.6 is 77.4 Å². The van der Waals surface area contributed by atoms with Crippen LogP contribution in [-0.4, -0.2) is 116 Å². The van der Waals surface area contributed by atoms with Crippen LogP contribution in [0.15, 0.2) is 91.0 Å². The van der Waals surface area contributed by atoms with Crippen LogP contribution in [0.4, 0.5) is 9.59 Å². The number of carbonyl (C=O) groups is 6. The van der Waals surface area contributed by atoms with Crippen molar-refractivity contribution in [3.63, 3.8) is 0 Å². The van der Waals surface area contributed by atoms with Crippen LogP contribution in [0.25, 0.3) is 0 Å². The van der Waals surface area contributed by atoms with Gasteiger partial charge >= 0.3 is 38.0 Å². The minimum atomic E-state index is -5.46. The molecule has 21 nitrogen and oxygen atoms in total. The topological polar surface area (TPSA) is 265 Å². The first-order valence-electron chi connectivity index (χ1n) is 43.2. The van der Waals surface area contributed by atoms with Gasteiger partial charge in [0.05, 0.1) is 19.4 Å². The van der Waals surface area contributed by atoms with Crippen LogP contribution in [0.1, 0.15) is 330 Å². The number of esters is 3. The molecule has 1 heterocycles. The summed E-state index contributed by atoms with van der Waals surface area (Å²) < 4.78 is 81.5. The smallest absolute Gasteiger partial charge is 0.462 e. The Morgan fingerprint density at radius 1 is 0.517 bits per heavy atom. The van der Waals surface area contributed by atoms with Crippen LogP contribution in [0, 0.1) is 0 Å². The molecule has 1 aliphatic heterocycles. The van der Waals surface area contributed by atoms with E-state index >= 15 is 14.2 Å². The van der Waals surface area contributed by atoms with Crippen LogP contribution in [0.2, 0.25) is 0 Å². The number of phosphoric ester groups is 1. The number of halogens is 6. The van der Waals surface area contributed by atoms with Crippen molar-refractivity contribution in [2.45, 2.75) is 386 Å². The Bertz CT molecular complexity index is 3150. The minimum Gasteiger partial charge on any atom is -0.462 e. The maximum absolute atomic E-state index is 16.5. The largest absolute Gasteiger partial charge is 0.588 e. The molecule has 1 aliphatic rings. The summed E-state index contributed by atoms with van der Waals surface area (Å²) in [6, 6.07) is 23.8. The third-order valence-electron chi connectivity index (χ3n) is 20.6. The molecule has 116 heavy (non-hydrogen) atoms. The summed E-state index contributed by atoms with van der Waals surface area (Å²) in [5, 5.41) is 19.1. The highest BCUT2D eigenvalue weighted by molar-refractivity contribution is 7.49. The number of carbonyl (C=O) groups excluding carboxylic acids is 6. The van der Waals surface area contributed by atoms with Crippen LogP contribution in [-0.2, 0) is 72.8 Å². The van der Waals surface area contributed by atoms with Crippen molar-refractivity contribution in [3.05, 3.63) is 96.6 Å². The van der Waals surface area contributed by atoms with Crippen LogP contribution in [0.3, 0.4) is 0 Å². The molecule has 0 radical (unpaired) electrons. The minimum absolute atomic E-state index is 0.0498. The Morgan fingerprint density at radius 3 is 1.34 bits per heavy atom. The lowest BCUT2D eigenvalue weighted by molar-refractivity contribution is -0.394. The molecule has 0 spiro atoms. The first-order valence-corrected chi connectivity index (χ1v) is 47.0. The number of aliphatic hydroxyl groups excluding tert-OH is 1.